The Morgan fingerprint density at radius 2 is 1.21 bits per heavy atom. The Kier molecular flexibility index (Phi) is 27.3. The van der Waals surface area contributed by atoms with Crippen molar-refractivity contribution in [2.45, 2.75) is 66.9 Å². The molecule has 0 saturated carbocycles. The number of hydrogen-bond acceptors (Lipinski definition) is 2. The third kappa shape index (κ3) is 26.7. The third-order valence-corrected chi connectivity index (χ3v) is 1.78. The summed E-state index contributed by atoms with van der Waals surface area (Å²) in [5.74, 6) is 0. The second-order valence-corrected chi connectivity index (χ2v) is 4.11. The van der Waals surface area contributed by atoms with E-state index in [2.05, 4.69) is 27.7 Å². The van der Waals surface area contributed by atoms with E-state index in [1.807, 2.05) is 30.3 Å². The largest absolute Gasteiger partial charge is 0.397 e. The average molecular weight is 270 g/mol. The quantitative estimate of drug-likeness (QED) is 0.797. The lowest BCUT2D eigenvalue weighted by atomic mass is 10.1. The van der Waals surface area contributed by atoms with E-state index < -0.39 is 0 Å². The summed E-state index contributed by atoms with van der Waals surface area (Å²) in [6, 6.07) is 9.59. The van der Waals surface area contributed by atoms with Crippen molar-refractivity contribution in [2.24, 2.45) is 0 Å². The molecule has 0 amide bonds. The first-order valence-electron chi connectivity index (χ1n) is 7.39. The van der Waals surface area contributed by atoms with Gasteiger partial charge in [-0.25, -0.2) is 0 Å². The van der Waals surface area contributed by atoms with Crippen molar-refractivity contribution >= 4 is 0 Å². The summed E-state index contributed by atoms with van der Waals surface area (Å²) in [6.07, 6.45) is 3.55. The van der Waals surface area contributed by atoms with Crippen LogP contribution in [-0.2, 0) is 0 Å². The van der Waals surface area contributed by atoms with Crippen LogP contribution in [0.5, 0.6) is 0 Å². The molecule has 1 atom stereocenters. The Labute approximate surface area is 120 Å². The standard InChI is InChI=1S/C8H10O.C4H10.C3H8.C2H6O/c1-7(9)8-5-3-2-4-6-8;1-3-4-2;1-3-2;1-2-3/h2-7,9H,1H3;3-4H2,1-2H3;3H2,1-2H3;3H,2H2,1H3. The van der Waals surface area contributed by atoms with Crippen LogP contribution in [0.25, 0.3) is 0 Å². The number of benzene rings is 1. The van der Waals surface area contributed by atoms with Crippen molar-refractivity contribution in [3.63, 3.8) is 0 Å². The van der Waals surface area contributed by atoms with Gasteiger partial charge >= 0.3 is 0 Å². The van der Waals surface area contributed by atoms with E-state index in [1.165, 1.54) is 19.3 Å². The molecule has 0 aliphatic heterocycles. The first kappa shape index (κ1) is 23.2. The first-order valence-corrected chi connectivity index (χ1v) is 7.39. The summed E-state index contributed by atoms with van der Waals surface area (Å²) >= 11 is 0. The molecule has 2 N–H and O–H groups in total. The summed E-state index contributed by atoms with van der Waals surface area (Å²) in [5, 5.41) is 16.6. The van der Waals surface area contributed by atoms with E-state index in [9.17, 15) is 0 Å². The molecular weight excluding hydrogens is 236 g/mol. The summed E-state index contributed by atoms with van der Waals surface area (Å²) in [4.78, 5) is 0. The highest BCUT2D eigenvalue weighted by atomic mass is 16.3. The van der Waals surface area contributed by atoms with Crippen LogP contribution in [0, 0.1) is 0 Å². The molecular formula is C17H34O2. The monoisotopic (exact) mass is 270 g/mol. The van der Waals surface area contributed by atoms with Gasteiger partial charge in [-0.15, -0.1) is 0 Å². The van der Waals surface area contributed by atoms with Gasteiger partial charge in [0.1, 0.15) is 0 Å². The first-order chi connectivity index (χ1) is 9.05. The SMILES string of the molecule is CC(O)c1ccccc1.CCC.CCCC.CCO. The zero-order valence-corrected chi connectivity index (χ0v) is 13.7. The normalized spacial score (nSPS) is 9.68. The van der Waals surface area contributed by atoms with Gasteiger partial charge in [-0.1, -0.05) is 77.3 Å². The van der Waals surface area contributed by atoms with Gasteiger partial charge in [-0.2, -0.15) is 0 Å². The molecule has 0 bridgehead atoms. The number of hydrogen-bond donors (Lipinski definition) is 2. The minimum absolute atomic E-state index is 0.250. The topological polar surface area (TPSA) is 40.5 Å². The maximum Gasteiger partial charge on any atom is 0.0761 e. The molecule has 0 saturated heterocycles. The van der Waals surface area contributed by atoms with Crippen LogP contribution in [-0.4, -0.2) is 16.8 Å². The summed E-state index contributed by atoms with van der Waals surface area (Å²) in [6.45, 7) is 12.3. The van der Waals surface area contributed by atoms with E-state index in [-0.39, 0.29) is 12.7 Å². The van der Waals surface area contributed by atoms with Gasteiger partial charge in [0.2, 0.25) is 0 Å². The van der Waals surface area contributed by atoms with Crippen LogP contribution >= 0.6 is 0 Å². The van der Waals surface area contributed by atoms with Crippen molar-refractivity contribution in [2.75, 3.05) is 6.61 Å². The van der Waals surface area contributed by atoms with Crippen molar-refractivity contribution in [1.29, 1.82) is 0 Å². The predicted molar refractivity (Wildman–Crippen MR) is 86.4 cm³/mol. The van der Waals surface area contributed by atoms with Crippen LogP contribution in [0.1, 0.15) is 72.5 Å². The Balaban J connectivity index is -0.000000216. The Bertz CT molecular complexity index is 216. The molecule has 0 fully saturated rings. The van der Waals surface area contributed by atoms with Gasteiger partial charge in [0.05, 0.1) is 6.10 Å². The highest BCUT2D eigenvalue weighted by Gasteiger charge is 1.95. The molecule has 0 radical (unpaired) electrons. The van der Waals surface area contributed by atoms with E-state index in [0.717, 1.165) is 5.56 Å². The van der Waals surface area contributed by atoms with Crippen LogP contribution in [0.4, 0.5) is 0 Å². The molecule has 0 heterocycles. The molecule has 0 spiro atoms. The predicted octanol–water partition coefficient (Wildman–Crippen LogP) is 4.96. The zero-order chi connectivity index (χ0) is 15.5. The van der Waals surface area contributed by atoms with Crippen LogP contribution < -0.4 is 0 Å². The van der Waals surface area contributed by atoms with Crippen LogP contribution in [0.15, 0.2) is 30.3 Å². The van der Waals surface area contributed by atoms with Crippen molar-refractivity contribution in [3.8, 4) is 0 Å². The van der Waals surface area contributed by atoms with Gasteiger partial charge in [0.15, 0.2) is 0 Å². The lowest BCUT2D eigenvalue weighted by molar-refractivity contribution is 0.199. The van der Waals surface area contributed by atoms with E-state index in [4.69, 9.17) is 10.2 Å². The van der Waals surface area contributed by atoms with Gasteiger partial charge in [-0.05, 0) is 19.4 Å². The minimum Gasteiger partial charge on any atom is -0.397 e. The number of rotatable bonds is 2. The lowest BCUT2D eigenvalue weighted by Gasteiger charge is -2.00. The molecule has 0 aromatic heterocycles. The second-order valence-electron chi connectivity index (χ2n) is 4.11. The fourth-order valence-corrected chi connectivity index (χ4v) is 0.732. The third-order valence-electron chi connectivity index (χ3n) is 1.78. The van der Waals surface area contributed by atoms with E-state index in [0.29, 0.717) is 0 Å². The van der Waals surface area contributed by atoms with Gasteiger partial charge in [0.25, 0.3) is 0 Å². The molecule has 2 nitrogen and oxygen atoms in total. The molecule has 1 unspecified atom stereocenters. The van der Waals surface area contributed by atoms with E-state index >= 15 is 0 Å². The minimum atomic E-state index is -0.341. The van der Waals surface area contributed by atoms with Gasteiger partial charge in [0, 0.05) is 6.61 Å². The summed E-state index contributed by atoms with van der Waals surface area (Å²) in [5.41, 5.74) is 0.970. The summed E-state index contributed by atoms with van der Waals surface area (Å²) in [7, 11) is 0. The Morgan fingerprint density at radius 3 is 1.37 bits per heavy atom. The van der Waals surface area contributed by atoms with Crippen molar-refractivity contribution < 1.29 is 10.2 Å². The highest BCUT2D eigenvalue weighted by Crippen LogP contribution is 2.09. The van der Waals surface area contributed by atoms with E-state index in [1.54, 1.807) is 13.8 Å². The molecule has 19 heavy (non-hydrogen) atoms. The Morgan fingerprint density at radius 1 is 0.895 bits per heavy atom. The smallest absolute Gasteiger partial charge is 0.0761 e. The number of aliphatic hydroxyl groups is 2. The zero-order valence-electron chi connectivity index (χ0n) is 13.7. The Hall–Kier alpha value is -0.860. The van der Waals surface area contributed by atoms with Gasteiger partial charge < -0.3 is 10.2 Å². The van der Waals surface area contributed by atoms with Gasteiger partial charge in [-0.3, -0.25) is 0 Å². The lowest BCUT2D eigenvalue weighted by Crippen LogP contribution is -1.87. The number of unbranched alkanes of at least 4 members (excludes halogenated alkanes) is 1. The molecule has 1 rings (SSSR count). The maximum absolute atomic E-state index is 9.02. The second kappa shape index (κ2) is 22.3. The molecule has 1 aromatic carbocycles. The van der Waals surface area contributed by atoms with Crippen LogP contribution in [0.3, 0.4) is 0 Å². The number of aliphatic hydroxyl groups excluding tert-OH is 2. The molecule has 1 aromatic rings. The summed E-state index contributed by atoms with van der Waals surface area (Å²) < 4.78 is 0. The molecule has 2 heteroatoms. The van der Waals surface area contributed by atoms with Crippen molar-refractivity contribution in [1.82, 2.24) is 0 Å². The fourth-order valence-electron chi connectivity index (χ4n) is 0.732. The fraction of sp³-hybridized carbons (Fsp3) is 0.647. The average Bonchev–Trinajstić information content (AvgIpc) is 2.42. The highest BCUT2D eigenvalue weighted by molar-refractivity contribution is 5.16. The molecule has 0 aliphatic rings. The van der Waals surface area contributed by atoms with Crippen LogP contribution in [0.2, 0.25) is 0 Å². The maximum atomic E-state index is 9.02. The van der Waals surface area contributed by atoms with Crippen molar-refractivity contribution in [3.05, 3.63) is 35.9 Å². The molecule has 0 aliphatic carbocycles. The molecule has 114 valence electrons.